The largest absolute Gasteiger partial charge is 0.388 e. The molecule has 118 valence electrons. The van der Waals surface area contributed by atoms with Gasteiger partial charge in [-0.15, -0.1) is 13.2 Å². The van der Waals surface area contributed by atoms with Gasteiger partial charge in [0.1, 0.15) is 23.0 Å². The SMILES string of the molecule is C=C1NC(=S)C=CN1C1O[C@H](CCP(=C)(C)C)[C@@H](O)[C@H]1O. The lowest BCUT2D eigenvalue weighted by Crippen LogP contribution is -2.46. The van der Waals surface area contributed by atoms with Crippen molar-refractivity contribution in [3.05, 3.63) is 24.7 Å². The quantitative estimate of drug-likeness (QED) is 0.522. The Morgan fingerprint density at radius 3 is 2.67 bits per heavy atom. The second-order valence-corrected chi connectivity index (χ2v) is 10.9. The second-order valence-electron chi connectivity index (χ2n) is 6.15. The van der Waals surface area contributed by atoms with Gasteiger partial charge in [-0.1, -0.05) is 18.8 Å². The van der Waals surface area contributed by atoms with E-state index in [-0.39, 0.29) is 6.10 Å². The molecule has 0 aromatic heterocycles. The smallest absolute Gasteiger partial charge is 0.164 e. The van der Waals surface area contributed by atoms with Gasteiger partial charge in [-0.25, -0.2) is 0 Å². The van der Waals surface area contributed by atoms with Gasteiger partial charge in [0, 0.05) is 6.20 Å². The van der Waals surface area contributed by atoms with Crippen molar-refractivity contribution in [1.82, 2.24) is 10.2 Å². The topological polar surface area (TPSA) is 65.0 Å². The van der Waals surface area contributed by atoms with E-state index in [4.69, 9.17) is 17.0 Å². The van der Waals surface area contributed by atoms with E-state index in [1.807, 2.05) is 0 Å². The highest BCUT2D eigenvalue weighted by Crippen LogP contribution is 2.38. The summed E-state index contributed by atoms with van der Waals surface area (Å²) in [7, 11) is 0. The van der Waals surface area contributed by atoms with Crippen molar-refractivity contribution in [2.45, 2.75) is 31.0 Å². The molecule has 1 saturated heterocycles. The first-order valence-electron chi connectivity index (χ1n) is 6.84. The maximum Gasteiger partial charge on any atom is 0.164 e. The molecule has 0 aliphatic carbocycles. The Balaban J connectivity index is 2.06. The molecule has 2 heterocycles. The Morgan fingerprint density at radius 1 is 1.43 bits per heavy atom. The fourth-order valence-corrected chi connectivity index (χ4v) is 3.53. The third-order valence-electron chi connectivity index (χ3n) is 3.60. The van der Waals surface area contributed by atoms with Gasteiger partial charge in [0.25, 0.3) is 0 Å². The summed E-state index contributed by atoms with van der Waals surface area (Å²) in [5.41, 5.74) is 0. The van der Waals surface area contributed by atoms with Gasteiger partial charge < -0.3 is 25.2 Å². The summed E-state index contributed by atoms with van der Waals surface area (Å²) in [6.45, 7) is 6.96. The van der Waals surface area contributed by atoms with Crippen molar-refractivity contribution in [3.63, 3.8) is 0 Å². The lowest BCUT2D eigenvalue weighted by molar-refractivity contribution is -0.0590. The Hall–Kier alpha value is -0.650. The van der Waals surface area contributed by atoms with Crippen molar-refractivity contribution in [3.8, 4) is 0 Å². The molecule has 0 bridgehead atoms. The normalized spacial score (nSPS) is 33.4. The third-order valence-corrected chi connectivity index (χ3v) is 5.30. The first-order chi connectivity index (χ1) is 9.69. The average Bonchev–Trinajstić information content (AvgIpc) is 2.64. The summed E-state index contributed by atoms with van der Waals surface area (Å²) in [4.78, 5) is 2.22. The fraction of sp³-hybridized carbons (Fsp3) is 0.571. The third kappa shape index (κ3) is 3.96. The Bertz CT molecular complexity index is 516. The standard InChI is InChI=1S/C14H23N2O3PS/c1-9-15-11(21)5-7-16(9)14-13(18)12(17)10(19-14)6-8-20(2,3)4/h5,7,10,12-14,17-18H,1-2,6,8H2,3-4H3,(H,15,21)/t10-,12-,13-,14?/m1/s1. The molecule has 3 N–H and O–H groups in total. The minimum Gasteiger partial charge on any atom is -0.388 e. The van der Waals surface area contributed by atoms with Gasteiger partial charge in [-0.2, -0.15) is 0 Å². The predicted molar refractivity (Wildman–Crippen MR) is 91.9 cm³/mol. The van der Waals surface area contributed by atoms with Crippen molar-refractivity contribution in [1.29, 1.82) is 0 Å². The second kappa shape index (κ2) is 6.23. The van der Waals surface area contributed by atoms with Crippen LogP contribution >= 0.6 is 19.1 Å². The molecule has 1 unspecified atom stereocenters. The summed E-state index contributed by atoms with van der Waals surface area (Å²) in [5.74, 6) is 0.532. The number of rotatable bonds is 4. The first kappa shape index (κ1) is 16.7. The van der Waals surface area contributed by atoms with Crippen LogP contribution in [0.4, 0.5) is 0 Å². The van der Waals surface area contributed by atoms with Crippen molar-refractivity contribution in [2.24, 2.45) is 0 Å². The predicted octanol–water partition coefficient (Wildman–Crippen LogP) is 0.750. The van der Waals surface area contributed by atoms with Gasteiger partial charge in [-0.05, 0) is 32.0 Å². The number of aliphatic hydroxyl groups is 2. The Labute approximate surface area is 131 Å². The molecule has 2 aliphatic heterocycles. The summed E-state index contributed by atoms with van der Waals surface area (Å²) >= 11 is 5.03. The number of ether oxygens (including phenoxy) is 1. The van der Waals surface area contributed by atoms with Crippen LogP contribution in [0.1, 0.15) is 6.42 Å². The molecule has 5 nitrogen and oxygen atoms in total. The molecule has 2 aliphatic rings. The highest BCUT2D eigenvalue weighted by Gasteiger charge is 2.45. The van der Waals surface area contributed by atoms with E-state index in [1.165, 1.54) is 0 Å². The van der Waals surface area contributed by atoms with E-state index >= 15 is 0 Å². The fourth-order valence-electron chi connectivity index (χ4n) is 2.40. The summed E-state index contributed by atoms with van der Waals surface area (Å²) < 4.78 is 5.85. The number of aliphatic hydroxyl groups excluding tert-OH is 2. The Morgan fingerprint density at radius 2 is 2.10 bits per heavy atom. The van der Waals surface area contributed by atoms with Crippen LogP contribution in [0.3, 0.4) is 0 Å². The first-order valence-corrected chi connectivity index (χ1v) is 10.3. The highest BCUT2D eigenvalue weighted by atomic mass is 32.1. The number of nitrogens with one attached hydrogen (secondary N) is 1. The lowest BCUT2D eigenvalue weighted by Gasteiger charge is -2.33. The van der Waals surface area contributed by atoms with Gasteiger partial charge in [0.15, 0.2) is 6.23 Å². The zero-order chi connectivity index (χ0) is 15.8. The van der Waals surface area contributed by atoms with Gasteiger partial charge >= 0.3 is 0 Å². The van der Waals surface area contributed by atoms with Crippen molar-refractivity contribution >= 4 is 30.4 Å². The maximum absolute atomic E-state index is 10.2. The zero-order valence-corrected chi connectivity index (χ0v) is 14.1. The van der Waals surface area contributed by atoms with Crippen LogP contribution in [0.2, 0.25) is 0 Å². The monoisotopic (exact) mass is 330 g/mol. The molecule has 0 amide bonds. The molecular weight excluding hydrogens is 307 g/mol. The van der Waals surface area contributed by atoms with Crippen molar-refractivity contribution < 1.29 is 14.9 Å². The van der Waals surface area contributed by atoms with Crippen LogP contribution in [0, 0.1) is 0 Å². The number of hydrogen-bond donors (Lipinski definition) is 3. The molecule has 0 saturated carbocycles. The van der Waals surface area contributed by atoms with Crippen LogP contribution in [-0.2, 0) is 4.74 Å². The minimum absolute atomic E-state index is 0.388. The molecule has 0 aromatic rings. The lowest BCUT2D eigenvalue weighted by atomic mass is 10.1. The van der Waals surface area contributed by atoms with E-state index in [0.29, 0.717) is 17.2 Å². The highest BCUT2D eigenvalue weighted by molar-refractivity contribution is 7.80. The van der Waals surface area contributed by atoms with E-state index in [2.05, 4.69) is 31.5 Å². The van der Waals surface area contributed by atoms with Crippen LogP contribution in [0.25, 0.3) is 0 Å². The van der Waals surface area contributed by atoms with Crippen molar-refractivity contribution in [2.75, 3.05) is 19.5 Å². The van der Waals surface area contributed by atoms with Gasteiger partial charge in [0.2, 0.25) is 0 Å². The minimum atomic E-state index is -1.18. The summed E-state index contributed by atoms with van der Waals surface area (Å²) in [5, 5.41) is 23.3. The number of hydrogen-bond acceptors (Lipinski definition) is 5. The van der Waals surface area contributed by atoms with Crippen LogP contribution in [0.15, 0.2) is 24.7 Å². The molecule has 1 fully saturated rings. The van der Waals surface area contributed by atoms with Crippen LogP contribution in [0.5, 0.6) is 0 Å². The molecular formula is C14H23N2O3PS. The average molecular weight is 330 g/mol. The molecule has 0 aromatic carbocycles. The summed E-state index contributed by atoms with van der Waals surface area (Å²) in [6.07, 6.45) is 6.22. The van der Waals surface area contributed by atoms with Crippen LogP contribution in [-0.4, -0.2) is 70.4 Å². The molecule has 21 heavy (non-hydrogen) atoms. The Kier molecular flexibility index (Phi) is 4.96. The van der Waals surface area contributed by atoms with E-state index in [1.54, 1.807) is 17.2 Å². The molecule has 0 spiro atoms. The summed E-state index contributed by atoms with van der Waals surface area (Å²) in [6, 6.07) is 0. The molecule has 2 rings (SSSR count). The zero-order valence-electron chi connectivity index (χ0n) is 12.4. The van der Waals surface area contributed by atoms with E-state index < -0.39 is 25.3 Å². The van der Waals surface area contributed by atoms with Crippen LogP contribution < -0.4 is 5.32 Å². The maximum atomic E-state index is 10.2. The van der Waals surface area contributed by atoms with E-state index in [9.17, 15) is 10.2 Å². The van der Waals surface area contributed by atoms with Gasteiger partial charge in [0.05, 0.1) is 6.10 Å². The van der Waals surface area contributed by atoms with Gasteiger partial charge in [-0.3, -0.25) is 0 Å². The molecule has 0 radical (unpaired) electrons. The number of nitrogens with zero attached hydrogens (tertiary/aromatic N) is 1. The molecule has 7 heteroatoms. The molecule has 4 atom stereocenters. The van der Waals surface area contributed by atoms with E-state index in [0.717, 1.165) is 6.16 Å². The number of thiocarbonyl (C=S) groups is 1.